The van der Waals surface area contributed by atoms with E-state index < -0.39 is 5.97 Å². The zero-order chi connectivity index (χ0) is 12.7. The number of aliphatic carboxylic acids is 1. The van der Waals surface area contributed by atoms with Crippen LogP contribution in [0.5, 0.6) is 0 Å². The molecule has 1 rings (SSSR count). The molecule has 2 N–H and O–H groups in total. The molecule has 0 saturated carbocycles. The standard InChI is InChI=1S/C12H22N2O3.ClH/c1-10(9-12(16)17)8-11(15)13-4-7-14-5-2-3-6-14;/h10H,2-9H2,1H3,(H,13,15)(H,16,17);1H. The summed E-state index contributed by atoms with van der Waals surface area (Å²) in [6, 6.07) is 0. The van der Waals surface area contributed by atoms with Crippen molar-refractivity contribution in [1.82, 2.24) is 10.2 Å². The van der Waals surface area contributed by atoms with Gasteiger partial charge in [0, 0.05) is 25.9 Å². The highest BCUT2D eigenvalue weighted by atomic mass is 35.5. The molecule has 1 unspecified atom stereocenters. The van der Waals surface area contributed by atoms with E-state index in [4.69, 9.17) is 5.11 Å². The van der Waals surface area contributed by atoms with E-state index in [-0.39, 0.29) is 30.7 Å². The first-order chi connectivity index (χ1) is 8.08. The predicted molar refractivity (Wildman–Crippen MR) is 72.0 cm³/mol. The smallest absolute Gasteiger partial charge is 0.303 e. The van der Waals surface area contributed by atoms with Crippen LogP contribution in [0.4, 0.5) is 0 Å². The summed E-state index contributed by atoms with van der Waals surface area (Å²) in [4.78, 5) is 24.3. The van der Waals surface area contributed by atoms with Gasteiger partial charge in [-0.1, -0.05) is 6.92 Å². The predicted octanol–water partition coefficient (Wildman–Crippen LogP) is 1.12. The number of carbonyl (C=O) groups is 2. The minimum Gasteiger partial charge on any atom is -0.481 e. The third-order valence-corrected chi connectivity index (χ3v) is 3.01. The van der Waals surface area contributed by atoms with Gasteiger partial charge in [0.15, 0.2) is 0 Å². The summed E-state index contributed by atoms with van der Waals surface area (Å²) in [5.41, 5.74) is 0. The molecule has 1 aliphatic rings. The molecular formula is C12H23ClN2O3. The third-order valence-electron chi connectivity index (χ3n) is 3.01. The number of rotatable bonds is 7. The van der Waals surface area contributed by atoms with E-state index in [1.54, 1.807) is 6.92 Å². The van der Waals surface area contributed by atoms with E-state index in [1.807, 2.05) is 0 Å². The van der Waals surface area contributed by atoms with E-state index in [0.717, 1.165) is 19.6 Å². The molecule has 0 radical (unpaired) electrons. The molecule has 0 aromatic carbocycles. The SMILES string of the molecule is CC(CC(=O)O)CC(=O)NCCN1CCCC1.Cl. The molecule has 1 aliphatic heterocycles. The lowest BCUT2D eigenvalue weighted by molar-refractivity contribution is -0.138. The van der Waals surface area contributed by atoms with Crippen molar-refractivity contribution in [1.29, 1.82) is 0 Å². The molecule has 1 atom stereocenters. The average molecular weight is 279 g/mol. The number of nitrogens with one attached hydrogen (secondary N) is 1. The van der Waals surface area contributed by atoms with Gasteiger partial charge in [0.05, 0.1) is 0 Å². The first-order valence-corrected chi connectivity index (χ1v) is 6.29. The minimum absolute atomic E-state index is 0. The Labute approximate surface area is 114 Å². The van der Waals surface area contributed by atoms with Gasteiger partial charge < -0.3 is 15.3 Å². The Hall–Kier alpha value is -0.810. The Morgan fingerprint density at radius 1 is 1.28 bits per heavy atom. The lowest BCUT2D eigenvalue weighted by atomic mass is 10.0. The van der Waals surface area contributed by atoms with Crippen LogP contribution in [0.2, 0.25) is 0 Å². The van der Waals surface area contributed by atoms with Crippen LogP contribution in [0, 0.1) is 5.92 Å². The van der Waals surface area contributed by atoms with Gasteiger partial charge >= 0.3 is 5.97 Å². The Bertz CT molecular complexity index is 268. The van der Waals surface area contributed by atoms with Gasteiger partial charge in [-0.05, 0) is 31.8 Å². The zero-order valence-corrected chi connectivity index (χ0v) is 11.7. The zero-order valence-electron chi connectivity index (χ0n) is 10.9. The van der Waals surface area contributed by atoms with Crippen LogP contribution in [-0.4, -0.2) is 48.1 Å². The lowest BCUT2D eigenvalue weighted by Gasteiger charge is -2.15. The lowest BCUT2D eigenvalue weighted by Crippen LogP contribution is -2.34. The Kier molecular flexibility index (Phi) is 8.75. The second-order valence-corrected chi connectivity index (χ2v) is 4.81. The second kappa shape index (κ2) is 9.16. The van der Waals surface area contributed by atoms with Gasteiger partial charge in [-0.3, -0.25) is 9.59 Å². The molecule has 18 heavy (non-hydrogen) atoms. The topological polar surface area (TPSA) is 69.6 Å². The molecular weight excluding hydrogens is 256 g/mol. The minimum atomic E-state index is -0.845. The molecule has 1 amide bonds. The number of halogens is 1. The van der Waals surface area contributed by atoms with Crippen molar-refractivity contribution in [2.24, 2.45) is 5.92 Å². The van der Waals surface area contributed by atoms with Crippen molar-refractivity contribution < 1.29 is 14.7 Å². The number of nitrogens with zero attached hydrogens (tertiary/aromatic N) is 1. The number of carboxylic acid groups (broad SMARTS) is 1. The number of carbonyl (C=O) groups excluding carboxylic acids is 1. The van der Waals surface area contributed by atoms with Gasteiger partial charge in [-0.25, -0.2) is 0 Å². The van der Waals surface area contributed by atoms with E-state index in [0.29, 0.717) is 13.0 Å². The molecule has 0 spiro atoms. The molecule has 1 heterocycles. The summed E-state index contributed by atoms with van der Waals surface area (Å²) in [5.74, 6) is -0.986. The summed E-state index contributed by atoms with van der Waals surface area (Å²) in [6.07, 6.45) is 2.86. The Morgan fingerprint density at radius 3 is 2.44 bits per heavy atom. The van der Waals surface area contributed by atoms with Gasteiger partial charge in [0.2, 0.25) is 5.91 Å². The van der Waals surface area contributed by atoms with E-state index >= 15 is 0 Å². The van der Waals surface area contributed by atoms with Crippen LogP contribution in [0.15, 0.2) is 0 Å². The van der Waals surface area contributed by atoms with E-state index in [1.165, 1.54) is 12.8 Å². The second-order valence-electron chi connectivity index (χ2n) is 4.81. The maximum absolute atomic E-state index is 11.5. The molecule has 106 valence electrons. The number of amides is 1. The van der Waals surface area contributed by atoms with Gasteiger partial charge in [0.25, 0.3) is 0 Å². The van der Waals surface area contributed by atoms with Crippen molar-refractivity contribution >= 4 is 24.3 Å². The molecule has 0 aromatic heterocycles. The van der Waals surface area contributed by atoms with Crippen molar-refractivity contribution in [3.05, 3.63) is 0 Å². The van der Waals surface area contributed by atoms with Crippen LogP contribution >= 0.6 is 12.4 Å². The molecule has 0 aromatic rings. The number of hydrogen-bond acceptors (Lipinski definition) is 3. The van der Waals surface area contributed by atoms with Crippen LogP contribution in [-0.2, 0) is 9.59 Å². The van der Waals surface area contributed by atoms with Gasteiger partial charge in [-0.2, -0.15) is 0 Å². The van der Waals surface area contributed by atoms with Gasteiger partial charge in [-0.15, -0.1) is 12.4 Å². The summed E-state index contributed by atoms with van der Waals surface area (Å²) in [7, 11) is 0. The van der Waals surface area contributed by atoms with Gasteiger partial charge in [0.1, 0.15) is 0 Å². The Balaban J connectivity index is 0.00000289. The molecule has 5 nitrogen and oxygen atoms in total. The fourth-order valence-electron chi connectivity index (χ4n) is 2.12. The highest BCUT2D eigenvalue weighted by Crippen LogP contribution is 2.07. The summed E-state index contributed by atoms with van der Waals surface area (Å²) in [6.45, 7) is 5.61. The molecule has 1 saturated heterocycles. The van der Waals surface area contributed by atoms with Crippen molar-refractivity contribution in [3.8, 4) is 0 Å². The maximum Gasteiger partial charge on any atom is 0.303 e. The molecule has 0 bridgehead atoms. The first-order valence-electron chi connectivity index (χ1n) is 6.29. The van der Waals surface area contributed by atoms with Crippen LogP contribution in [0.25, 0.3) is 0 Å². The Morgan fingerprint density at radius 2 is 1.89 bits per heavy atom. The number of carboxylic acids is 1. The van der Waals surface area contributed by atoms with E-state index in [9.17, 15) is 9.59 Å². The third kappa shape index (κ3) is 7.50. The first kappa shape index (κ1) is 17.2. The monoisotopic (exact) mass is 278 g/mol. The van der Waals surface area contributed by atoms with Crippen LogP contribution in [0.1, 0.15) is 32.6 Å². The van der Waals surface area contributed by atoms with Crippen LogP contribution < -0.4 is 5.32 Å². The largest absolute Gasteiger partial charge is 0.481 e. The summed E-state index contributed by atoms with van der Waals surface area (Å²) in [5, 5.41) is 11.4. The van der Waals surface area contributed by atoms with Crippen LogP contribution in [0.3, 0.4) is 0 Å². The normalized spacial score (nSPS) is 16.9. The highest BCUT2D eigenvalue weighted by molar-refractivity contribution is 5.85. The van der Waals surface area contributed by atoms with Crippen molar-refractivity contribution in [2.45, 2.75) is 32.6 Å². The highest BCUT2D eigenvalue weighted by Gasteiger charge is 2.14. The number of likely N-dealkylation sites (tertiary alicyclic amines) is 1. The summed E-state index contributed by atoms with van der Waals surface area (Å²) < 4.78 is 0. The average Bonchev–Trinajstić information content (AvgIpc) is 2.68. The summed E-state index contributed by atoms with van der Waals surface area (Å²) >= 11 is 0. The maximum atomic E-state index is 11.5. The fraction of sp³-hybridized carbons (Fsp3) is 0.833. The van der Waals surface area contributed by atoms with Crippen molar-refractivity contribution in [3.63, 3.8) is 0 Å². The molecule has 6 heteroatoms. The molecule has 0 aliphatic carbocycles. The van der Waals surface area contributed by atoms with E-state index in [2.05, 4.69) is 10.2 Å². The number of hydrogen-bond donors (Lipinski definition) is 2. The fourth-order valence-corrected chi connectivity index (χ4v) is 2.12. The van der Waals surface area contributed by atoms with Crippen molar-refractivity contribution in [2.75, 3.05) is 26.2 Å². The quantitative estimate of drug-likeness (QED) is 0.732. The molecule has 1 fully saturated rings.